The van der Waals surface area contributed by atoms with Crippen molar-refractivity contribution in [3.63, 3.8) is 0 Å². The Balaban J connectivity index is 2.27. The Kier molecular flexibility index (Phi) is 3.99. The Bertz CT molecular complexity index is 296. The molecule has 7 nitrogen and oxygen atoms in total. The average Bonchev–Trinajstić information content (AvgIpc) is 2.52. The molecule has 0 aliphatic heterocycles. The first-order valence-electron chi connectivity index (χ1n) is 4.46. The molecule has 1 amide bonds. The van der Waals surface area contributed by atoms with E-state index < -0.39 is 0 Å². The maximum absolute atomic E-state index is 11.2. The molecule has 1 aromatic heterocycles. The highest BCUT2D eigenvalue weighted by atomic mass is 16.1. The summed E-state index contributed by atoms with van der Waals surface area (Å²) in [7, 11) is 1.64. The number of anilines is 1. The number of amides is 1. The van der Waals surface area contributed by atoms with E-state index in [1.807, 2.05) is 0 Å². The normalized spacial score (nSPS) is 10.1. The van der Waals surface area contributed by atoms with Gasteiger partial charge in [0.15, 0.2) is 0 Å². The van der Waals surface area contributed by atoms with Gasteiger partial charge in [-0.2, -0.15) is 4.80 Å². The molecule has 0 fully saturated rings. The zero-order valence-corrected chi connectivity index (χ0v) is 8.10. The molecule has 0 aliphatic carbocycles. The number of aromatic nitrogens is 4. The van der Waals surface area contributed by atoms with Crippen molar-refractivity contribution in [1.29, 1.82) is 0 Å². The number of carbonyl (C=O) groups excluding carboxylic acids is 1. The zero-order valence-electron chi connectivity index (χ0n) is 8.10. The lowest BCUT2D eigenvalue weighted by Crippen LogP contribution is -2.13. The Morgan fingerprint density at radius 2 is 2.36 bits per heavy atom. The molecule has 14 heavy (non-hydrogen) atoms. The van der Waals surface area contributed by atoms with Crippen molar-refractivity contribution in [1.82, 2.24) is 20.2 Å². The summed E-state index contributed by atoms with van der Waals surface area (Å²) in [5, 5.41) is 13.6. The fourth-order valence-electron chi connectivity index (χ4n) is 0.951. The molecule has 78 valence electrons. The van der Waals surface area contributed by atoms with Gasteiger partial charge in [0.25, 0.3) is 5.95 Å². The van der Waals surface area contributed by atoms with Crippen LogP contribution in [0.4, 0.5) is 5.95 Å². The maximum Gasteiger partial charge on any atom is 0.270 e. The van der Waals surface area contributed by atoms with Crippen LogP contribution < -0.4 is 11.1 Å². The maximum atomic E-state index is 11.2. The van der Waals surface area contributed by atoms with Crippen molar-refractivity contribution in [3.8, 4) is 0 Å². The van der Waals surface area contributed by atoms with Gasteiger partial charge in [-0.1, -0.05) is 5.10 Å². The topological polar surface area (TPSA) is 98.7 Å². The van der Waals surface area contributed by atoms with E-state index in [-0.39, 0.29) is 11.9 Å². The monoisotopic (exact) mass is 198 g/mol. The lowest BCUT2D eigenvalue weighted by Gasteiger charge is -1.98. The zero-order chi connectivity index (χ0) is 10.4. The van der Waals surface area contributed by atoms with Gasteiger partial charge in [-0.15, -0.1) is 5.10 Å². The van der Waals surface area contributed by atoms with Gasteiger partial charge in [0.05, 0.1) is 7.05 Å². The summed E-state index contributed by atoms with van der Waals surface area (Å²) in [6.45, 7) is 0.608. The minimum absolute atomic E-state index is 0.105. The molecule has 0 spiro atoms. The molecule has 0 aliphatic rings. The van der Waals surface area contributed by atoms with Crippen molar-refractivity contribution < 1.29 is 4.79 Å². The fourth-order valence-corrected chi connectivity index (χ4v) is 0.951. The Hall–Kier alpha value is -1.50. The van der Waals surface area contributed by atoms with Gasteiger partial charge in [0, 0.05) is 6.42 Å². The lowest BCUT2D eigenvalue weighted by molar-refractivity contribution is -0.116. The number of aryl methyl sites for hydroxylation is 1. The van der Waals surface area contributed by atoms with Crippen molar-refractivity contribution in [2.45, 2.75) is 19.3 Å². The van der Waals surface area contributed by atoms with Crippen molar-refractivity contribution >= 4 is 11.9 Å². The molecular formula is C7H14N6O. The molecule has 1 heterocycles. The number of nitrogens with two attached hydrogens (primary N) is 1. The molecule has 0 saturated carbocycles. The van der Waals surface area contributed by atoms with Gasteiger partial charge in [-0.3, -0.25) is 10.1 Å². The summed E-state index contributed by atoms with van der Waals surface area (Å²) in [5.74, 6) is 0.136. The molecule has 7 heteroatoms. The van der Waals surface area contributed by atoms with E-state index in [0.717, 1.165) is 12.8 Å². The molecule has 0 aromatic carbocycles. The average molecular weight is 198 g/mol. The Labute approximate surface area is 81.7 Å². The molecule has 0 bridgehead atoms. The van der Waals surface area contributed by atoms with E-state index in [2.05, 4.69) is 20.7 Å². The summed E-state index contributed by atoms with van der Waals surface area (Å²) in [5.41, 5.74) is 5.30. The van der Waals surface area contributed by atoms with E-state index in [4.69, 9.17) is 5.73 Å². The Morgan fingerprint density at radius 3 is 2.93 bits per heavy atom. The van der Waals surface area contributed by atoms with Crippen LogP contribution in [-0.2, 0) is 11.8 Å². The predicted molar refractivity (Wildman–Crippen MR) is 50.3 cm³/mol. The van der Waals surface area contributed by atoms with Crippen molar-refractivity contribution in [3.05, 3.63) is 0 Å². The minimum atomic E-state index is -0.105. The van der Waals surface area contributed by atoms with Crippen LogP contribution in [0.25, 0.3) is 0 Å². The van der Waals surface area contributed by atoms with Crippen LogP contribution in [0, 0.1) is 0 Å². The number of rotatable bonds is 5. The van der Waals surface area contributed by atoms with E-state index in [1.165, 1.54) is 4.80 Å². The minimum Gasteiger partial charge on any atom is -0.330 e. The van der Waals surface area contributed by atoms with Gasteiger partial charge < -0.3 is 5.73 Å². The largest absolute Gasteiger partial charge is 0.330 e. The molecular weight excluding hydrogens is 184 g/mol. The van der Waals surface area contributed by atoms with Crippen LogP contribution in [0.3, 0.4) is 0 Å². The second-order valence-electron chi connectivity index (χ2n) is 2.90. The first-order chi connectivity index (χ1) is 6.72. The number of hydrogen-bond acceptors (Lipinski definition) is 5. The number of nitrogens with zero attached hydrogens (tertiary/aromatic N) is 4. The number of carbonyl (C=O) groups is 1. The first kappa shape index (κ1) is 10.6. The van der Waals surface area contributed by atoms with Crippen molar-refractivity contribution in [2.24, 2.45) is 12.8 Å². The highest BCUT2D eigenvalue weighted by molar-refractivity contribution is 5.88. The number of unbranched alkanes of at least 4 members (excludes halogenated alkanes) is 1. The van der Waals surface area contributed by atoms with Crippen LogP contribution in [0.1, 0.15) is 19.3 Å². The van der Waals surface area contributed by atoms with Gasteiger partial charge in [0.1, 0.15) is 0 Å². The van der Waals surface area contributed by atoms with E-state index in [9.17, 15) is 4.79 Å². The lowest BCUT2D eigenvalue weighted by atomic mass is 10.2. The predicted octanol–water partition coefficient (Wildman–Crippen LogP) is -0.722. The molecule has 0 saturated heterocycles. The SMILES string of the molecule is Cn1nnc(NC(=O)CCCCN)n1. The third kappa shape index (κ3) is 3.48. The summed E-state index contributed by atoms with van der Waals surface area (Å²) >= 11 is 0. The summed E-state index contributed by atoms with van der Waals surface area (Å²) in [6.07, 6.45) is 2.07. The van der Waals surface area contributed by atoms with E-state index >= 15 is 0 Å². The third-order valence-electron chi connectivity index (χ3n) is 1.62. The number of hydrogen-bond donors (Lipinski definition) is 2. The summed E-state index contributed by atoms with van der Waals surface area (Å²) in [4.78, 5) is 12.5. The second-order valence-corrected chi connectivity index (χ2v) is 2.90. The molecule has 1 rings (SSSR count). The molecule has 3 N–H and O–H groups in total. The molecule has 0 atom stereocenters. The summed E-state index contributed by atoms with van der Waals surface area (Å²) in [6, 6.07) is 0. The van der Waals surface area contributed by atoms with Crippen LogP contribution in [-0.4, -0.2) is 32.7 Å². The fraction of sp³-hybridized carbons (Fsp3) is 0.714. The first-order valence-corrected chi connectivity index (χ1v) is 4.46. The second kappa shape index (κ2) is 5.28. The molecule has 0 unspecified atom stereocenters. The highest BCUT2D eigenvalue weighted by Crippen LogP contribution is 1.98. The smallest absolute Gasteiger partial charge is 0.270 e. The van der Waals surface area contributed by atoms with Gasteiger partial charge >= 0.3 is 0 Å². The molecule has 0 radical (unpaired) electrons. The molecule has 1 aromatic rings. The van der Waals surface area contributed by atoms with Gasteiger partial charge in [-0.25, -0.2) is 0 Å². The van der Waals surface area contributed by atoms with Crippen molar-refractivity contribution in [2.75, 3.05) is 11.9 Å². The van der Waals surface area contributed by atoms with Gasteiger partial charge in [-0.05, 0) is 24.6 Å². The van der Waals surface area contributed by atoms with Gasteiger partial charge in [0.2, 0.25) is 5.91 Å². The Morgan fingerprint density at radius 1 is 1.57 bits per heavy atom. The number of nitrogens with one attached hydrogen (secondary N) is 1. The van der Waals surface area contributed by atoms with E-state index in [0.29, 0.717) is 13.0 Å². The summed E-state index contributed by atoms with van der Waals surface area (Å²) < 4.78 is 0. The van der Waals surface area contributed by atoms with E-state index in [1.54, 1.807) is 7.05 Å². The quantitative estimate of drug-likeness (QED) is 0.608. The number of tetrazole rings is 1. The highest BCUT2D eigenvalue weighted by Gasteiger charge is 2.05. The van der Waals surface area contributed by atoms with Crippen LogP contribution >= 0.6 is 0 Å². The van der Waals surface area contributed by atoms with Crippen LogP contribution in [0.2, 0.25) is 0 Å². The standard InChI is InChI=1S/C7H14N6O/c1-13-11-7(10-12-13)9-6(14)4-2-3-5-8/h2-5,8H2,1H3,(H,9,11,14). The van der Waals surface area contributed by atoms with Crippen LogP contribution in [0.5, 0.6) is 0 Å². The van der Waals surface area contributed by atoms with Crippen LogP contribution in [0.15, 0.2) is 0 Å². The third-order valence-corrected chi connectivity index (χ3v) is 1.62.